The molecule has 0 spiro atoms. The SMILES string of the molecule is [CH-]=CCCCC1=CCCC=C1.[Cu+2].[c-]1cccs1. The molecule has 0 nitrogen and oxygen atoms in total. The molecule has 0 saturated carbocycles. The Hall–Kier alpha value is -0.561. The van der Waals surface area contributed by atoms with Crippen LogP contribution < -0.4 is 0 Å². The average molecular weight is 294 g/mol. The predicted molar refractivity (Wildman–Crippen MR) is 72.3 cm³/mol. The topological polar surface area (TPSA) is 0 Å². The largest absolute Gasteiger partial charge is 2.00 e. The maximum atomic E-state index is 5.28. The minimum Gasteiger partial charge on any atom is -0.518 e. The fourth-order valence-corrected chi connectivity index (χ4v) is 1.87. The molecule has 0 fully saturated rings. The molecule has 17 heavy (non-hydrogen) atoms. The van der Waals surface area contributed by atoms with E-state index in [0.717, 1.165) is 6.42 Å². The third-order valence-corrected chi connectivity index (χ3v) is 2.85. The zero-order chi connectivity index (χ0) is 11.5. The molecule has 0 atom stereocenters. The van der Waals surface area contributed by atoms with Gasteiger partial charge in [0.25, 0.3) is 0 Å². The standard InChI is InChI=1S/C11H15.C4H3S.Cu/c1-2-3-5-8-11-9-6-4-7-10-11;1-2-4-5-3-1;/h1-2,6,9-10H,3-5,7-8H2;1-3H;/q2*-1;+2. The van der Waals surface area contributed by atoms with Gasteiger partial charge in [-0.2, -0.15) is 11.4 Å². The molecular weight excluding hydrogens is 276 g/mol. The Bertz CT molecular complexity index is 305. The van der Waals surface area contributed by atoms with Crippen LogP contribution in [0.2, 0.25) is 0 Å². The second-order valence-corrected chi connectivity index (χ2v) is 4.36. The van der Waals surface area contributed by atoms with Crippen LogP contribution in [0.15, 0.2) is 47.4 Å². The van der Waals surface area contributed by atoms with Gasteiger partial charge in [0.05, 0.1) is 0 Å². The van der Waals surface area contributed by atoms with Crippen molar-refractivity contribution in [2.24, 2.45) is 0 Å². The molecule has 1 aliphatic carbocycles. The third-order valence-electron chi connectivity index (χ3n) is 2.29. The Morgan fingerprint density at radius 1 is 1.41 bits per heavy atom. The Morgan fingerprint density at radius 2 is 2.29 bits per heavy atom. The minimum atomic E-state index is 0. The van der Waals surface area contributed by atoms with Gasteiger partial charge < -0.3 is 17.9 Å². The fraction of sp³-hybridized carbons (Fsp3) is 0.333. The molecule has 0 bridgehead atoms. The van der Waals surface area contributed by atoms with Crippen molar-refractivity contribution in [3.05, 3.63) is 59.3 Å². The van der Waals surface area contributed by atoms with E-state index in [1.165, 1.54) is 31.3 Å². The van der Waals surface area contributed by atoms with Gasteiger partial charge in [0.15, 0.2) is 0 Å². The Morgan fingerprint density at radius 3 is 2.76 bits per heavy atom. The Labute approximate surface area is 120 Å². The number of hydrogen-bond donors (Lipinski definition) is 0. The average Bonchev–Trinajstić information content (AvgIpc) is 2.90. The molecule has 2 rings (SSSR count). The van der Waals surface area contributed by atoms with Crippen molar-refractivity contribution in [3.8, 4) is 0 Å². The second-order valence-electron chi connectivity index (χ2n) is 3.62. The van der Waals surface area contributed by atoms with Gasteiger partial charge in [-0.25, -0.2) is 6.07 Å². The molecule has 0 aromatic carbocycles. The molecule has 1 aliphatic rings. The Balaban J connectivity index is 0.000000360. The van der Waals surface area contributed by atoms with Crippen LogP contribution in [-0.2, 0) is 17.1 Å². The first kappa shape index (κ1) is 16.4. The van der Waals surface area contributed by atoms with E-state index in [1.54, 1.807) is 17.4 Å². The van der Waals surface area contributed by atoms with Crippen molar-refractivity contribution in [1.82, 2.24) is 0 Å². The first-order valence-corrected chi connectivity index (χ1v) is 6.60. The zero-order valence-corrected chi connectivity index (χ0v) is 11.6. The van der Waals surface area contributed by atoms with E-state index >= 15 is 0 Å². The minimum absolute atomic E-state index is 0. The zero-order valence-electron chi connectivity index (χ0n) is 9.86. The fourth-order valence-electron chi connectivity index (χ4n) is 1.47. The molecule has 0 unspecified atom stereocenters. The summed E-state index contributed by atoms with van der Waals surface area (Å²) in [5, 5.41) is 4.89. The first-order valence-electron chi connectivity index (χ1n) is 5.72. The van der Waals surface area contributed by atoms with E-state index in [0.29, 0.717) is 0 Å². The molecular formula is C15H18CuS. The van der Waals surface area contributed by atoms with Crippen molar-refractivity contribution in [1.29, 1.82) is 0 Å². The Kier molecular flexibility index (Phi) is 11.5. The summed E-state index contributed by atoms with van der Waals surface area (Å²) in [7, 11) is 0. The monoisotopic (exact) mass is 293 g/mol. The van der Waals surface area contributed by atoms with Gasteiger partial charge in [0.2, 0.25) is 0 Å². The van der Waals surface area contributed by atoms with Gasteiger partial charge in [-0.1, -0.05) is 30.2 Å². The van der Waals surface area contributed by atoms with Crippen LogP contribution in [0.4, 0.5) is 0 Å². The van der Waals surface area contributed by atoms with Crippen molar-refractivity contribution >= 4 is 11.3 Å². The van der Waals surface area contributed by atoms with Gasteiger partial charge in [-0.15, -0.1) is 5.38 Å². The maximum Gasteiger partial charge on any atom is 2.00 e. The van der Waals surface area contributed by atoms with Gasteiger partial charge in [-0.05, 0) is 25.7 Å². The van der Waals surface area contributed by atoms with Gasteiger partial charge in [0.1, 0.15) is 0 Å². The predicted octanol–water partition coefficient (Wildman–Crippen LogP) is 4.97. The van der Waals surface area contributed by atoms with Gasteiger partial charge in [0, 0.05) is 0 Å². The van der Waals surface area contributed by atoms with Crippen LogP contribution in [0.25, 0.3) is 0 Å². The van der Waals surface area contributed by atoms with Crippen LogP contribution in [0.3, 0.4) is 0 Å². The van der Waals surface area contributed by atoms with Crippen molar-refractivity contribution in [2.75, 3.05) is 0 Å². The molecule has 0 amide bonds. The summed E-state index contributed by atoms with van der Waals surface area (Å²) in [5.41, 5.74) is 1.48. The smallest absolute Gasteiger partial charge is 0.518 e. The quantitative estimate of drug-likeness (QED) is 0.418. The maximum absolute atomic E-state index is 5.28. The van der Waals surface area contributed by atoms with Crippen LogP contribution in [-0.4, -0.2) is 0 Å². The molecule has 0 aliphatic heterocycles. The number of hydrogen-bond acceptors (Lipinski definition) is 1. The van der Waals surface area contributed by atoms with E-state index in [9.17, 15) is 0 Å². The van der Waals surface area contributed by atoms with Crippen molar-refractivity contribution in [3.63, 3.8) is 0 Å². The third kappa shape index (κ3) is 9.17. The van der Waals surface area contributed by atoms with Crippen LogP contribution in [0.1, 0.15) is 32.1 Å². The summed E-state index contributed by atoms with van der Waals surface area (Å²) in [6, 6.07) is 3.86. The normalized spacial score (nSPS) is 12.8. The van der Waals surface area contributed by atoms with Crippen LogP contribution in [0, 0.1) is 12.0 Å². The molecule has 95 valence electrons. The number of allylic oxidation sites excluding steroid dienone is 5. The van der Waals surface area contributed by atoms with Crippen molar-refractivity contribution in [2.45, 2.75) is 32.1 Å². The van der Waals surface area contributed by atoms with E-state index < -0.39 is 0 Å². The molecule has 1 aromatic rings. The van der Waals surface area contributed by atoms with Gasteiger partial charge >= 0.3 is 17.1 Å². The summed E-state index contributed by atoms with van der Waals surface area (Å²) in [4.78, 5) is 0. The number of rotatable bonds is 4. The molecule has 1 aromatic heterocycles. The van der Waals surface area contributed by atoms with E-state index in [1.807, 2.05) is 17.5 Å². The van der Waals surface area contributed by atoms with E-state index in [4.69, 9.17) is 6.58 Å². The summed E-state index contributed by atoms with van der Waals surface area (Å²) in [5.74, 6) is 0. The molecule has 1 radical (unpaired) electrons. The number of unbranched alkanes of at least 4 members (excludes halogenated alkanes) is 1. The first-order chi connectivity index (χ1) is 7.93. The summed E-state index contributed by atoms with van der Waals surface area (Å²) in [6.45, 7) is 5.28. The molecule has 1 heterocycles. The van der Waals surface area contributed by atoms with Crippen LogP contribution >= 0.6 is 11.3 Å². The molecule has 0 saturated heterocycles. The van der Waals surface area contributed by atoms with Crippen LogP contribution in [0.5, 0.6) is 0 Å². The molecule has 0 N–H and O–H groups in total. The summed E-state index contributed by atoms with van der Waals surface area (Å²) < 4.78 is 0. The summed E-state index contributed by atoms with van der Waals surface area (Å²) >= 11 is 1.59. The number of thiophene rings is 1. The second kappa shape index (κ2) is 11.9. The van der Waals surface area contributed by atoms with E-state index in [2.05, 4.69) is 23.6 Å². The van der Waals surface area contributed by atoms with Gasteiger partial charge in [-0.3, -0.25) is 6.08 Å². The molecule has 2 heteroatoms. The van der Waals surface area contributed by atoms with E-state index in [-0.39, 0.29) is 17.1 Å². The summed E-state index contributed by atoms with van der Waals surface area (Å²) in [6.07, 6.45) is 14.4. The van der Waals surface area contributed by atoms with Crippen molar-refractivity contribution < 1.29 is 17.1 Å².